The van der Waals surface area contributed by atoms with E-state index < -0.39 is 0 Å². The fraction of sp³-hybridized carbons (Fsp3) is 0.409. The van der Waals surface area contributed by atoms with Gasteiger partial charge in [0.2, 0.25) is 5.75 Å². The molecule has 0 spiro atoms. The SMILES string of the molecule is CCN(CC)CCN(C(=O)c1cc(OC)c(OC)c(OC)c1)c1ccc(O)cc1. The van der Waals surface area contributed by atoms with Crippen molar-refractivity contribution < 1.29 is 24.1 Å². The van der Waals surface area contributed by atoms with Crippen LogP contribution in [0.2, 0.25) is 0 Å². The smallest absolute Gasteiger partial charge is 0.258 e. The van der Waals surface area contributed by atoms with Gasteiger partial charge in [-0.2, -0.15) is 0 Å². The molecule has 29 heavy (non-hydrogen) atoms. The van der Waals surface area contributed by atoms with Gasteiger partial charge < -0.3 is 29.1 Å². The highest BCUT2D eigenvalue weighted by Gasteiger charge is 2.23. The minimum absolute atomic E-state index is 0.151. The quantitative estimate of drug-likeness (QED) is 0.657. The third kappa shape index (κ3) is 5.32. The fourth-order valence-electron chi connectivity index (χ4n) is 3.12. The van der Waals surface area contributed by atoms with Gasteiger partial charge in [0.15, 0.2) is 11.5 Å². The number of hydrogen-bond donors (Lipinski definition) is 1. The first kappa shape index (κ1) is 22.4. The largest absolute Gasteiger partial charge is 0.508 e. The molecule has 2 rings (SSSR count). The van der Waals surface area contributed by atoms with Gasteiger partial charge in [0.05, 0.1) is 21.3 Å². The maximum absolute atomic E-state index is 13.4. The van der Waals surface area contributed by atoms with E-state index in [2.05, 4.69) is 18.7 Å². The highest BCUT2D eigenvalue weighted by molar-refractivity contribution is 6.07. The first-order valence-electron chi connectivity index (χ1n) is 9.62. The molecule has 7 heteroatoms. The molecule has 1 N–H and O–H groups in total. The molecule has 0 unspecified atom stereocenters. The molecule has 0 saturated heterocycles. The molecule has 0 radical (unpaired) electrons. The predicted octanol–water partition coefficient (Wildman–Crippen LogP) is 3.41. The second-order valence-corrected chi connectivity index (χ2v) is 6.41. The van der Waals surface area contributed by atoms with E-state index in [0.717, 1.165) is 19.6 Å². The molecule has 7 nitrogen and oxygen atoms in total. The van der Waals surface area contributed by atoms with Crippen LogP contribution in [0.3, 0.4) is 0 Å². The molecule has 0 bridgehead atoms. The van der Waals surface area contributed by atoms with Gasteiger partial charge in [-0.05, 0) is 49.5 Å². The van der Waals surface area contributed by atoms with Crippen molar-refractivity contribution in [2.75, 3.05) is 52.4 Å². The molecule has 0 aliphatic carbocycles. The van der Waals surface area contributed by atoms with Crippen LogP contribution in [-0.4, -0.2) is 63.4 Å². The summed E-state index contributed by atoms with van der Waals surface area (Å²) in [6.07, 6.45) is 0. The molecule has 158 valence electrons. The third-order valence-corrected chi connectivity index (χ3v) is 4.85. The van der Waals surface area contributed by atoms with Crippen molar-refractivity contribution in [2.24, 2.45) is 0 Å². The Balaban J connectivity index is 2.44. The Morgan fingerprint density at radius 1 is 0.897 bits per heavy atom. The number of aromatic hydroxyl groups is 1. The number of methoxy groups -OCH3 is 3. The van der Waals surface area contributed by atoms with Crippen molar-refractivity contribution in [1.82, 2.24) is 4.90 Å². The second kappa shape index (κ2) is 10.6. The molecule has 2 aromatic rings. The Labute approximate surface area is 172 Å². The number of anilines is 1. The zero-order chi connectivity index (χ0) is 21.4. The highest BCUT2D eigenvalue weighted by atomic mass is 16.5. The molecule has 0 aromatic heterocycles. The summed E-state index contributed by atoms with van der Waals surface area (Å²) in [5.74, 6) is 1.24. The van der Waals surface area contributed by atoms with Gasteiger partial charge in [-0.25, -0.2) is 0 Å². The molecule has 0 heterocycles. The van der Waals surface area contributed by atoms with Crippen LogP contribution in [0.15, 0.2) is 36.4 Å². The lowest BCUT2D eigenvalue weighted by molar-refractivity contribution is 0.0983. The van der Waals surface area contributed by atoms with Crippen molar-refractivity contribution in [3.8, 4) is 23.0 Å². The fourth-order valence-corrected chi connectivity index (χ4v) is 3.12. The molecule has 0 fully saturated rings. The first-order valence-corrected chi connectivity index (χ1v) is 9.62. The van der Waals surface area contributed by atoms with Crippen molar-refractivity contribution in [3.05, 3.63) is 42.0 Å². The number of carbonyl (C=O) groups is 1. The number of phenolic OH excluding ortho intramolecular Hbond substituents is 1. The molecule has 0 atom stereocenters. The lowest BCUT2D eigenvalue weighted by Gasteiger charge is -2.27. The zero-order valence-corrected chi connectivity index (χ0v) is 17.8. The lowest BCUT2D eigenvalue weighted by Crippen LogP contribution is -2.38. The Hall–Kier alpha value is -2.93. The minimum atomic E-state index is -0.193. The average molecular weight is 402 g/mol. The normalized spacial score (nSPS) is 10.7. The summed E-state index contributed by atoms with van der Waals surface area (Å²) >= 11 is 0. The first-order chi connectivity index (χ1) is 14.0. The van der Waals surface area contributed by atoms with E-state index in [0.29, 0.717) is 35.0 Å². The van der Waals surface area contributed by atoms with Gasteiger partial charge >= 0.3 is 0 Å². The maximum Gasteiger partial charge on any atom is 0.258 e. The minimum Gasteiger partial charge on any atom is -0.508 e. The summed E-state index contributed by atoms with van der Waals surface area (Å²) < 4.78 is 16.1. The summed E-state index contributed by atoms with van der Waals surface area (Å²) in [4.78, 5) is 17.4. The topological polar surface area (TPSA) is 71.5 Å². The van der Waals surface area contributed by atoms with Crippen molar-refractivity contribution in [2.45, 2.75) is 13.8 Å². The number of rotatable bonds is 10. The van der Waals surface area contributed by atoms with Crippen LogP contribution in [0.1, 0.15) is 24.2 Å². The Bertz CT molecular complexity index is 778. The number of nitrogens with zero attached hydrogens (tertiary/aromatic N) is 2. The number of hydrogen-bond acceptors (Lipinski definition) is 6. The summed E-state index contributed by atoms with van der Waals surface area (Å²) in [6.45, 7) is 7.22. The predicted molar refractivity (Wildman–Crippen MR) is 114 cm³/mol. The Morgan fingerprint density at radius 2 is 1.45 bits per heavy atom. The van der Waals surface area contributed by atoms with Crippen LogP contribution in [0, 0.1) is 0 Å². The van der Waals surface area contributed by atoms with Gasteiger partial charge in [0.25, 0.3) is 5.91 Å². The second-order valence-electron chi connectivity index (χ2n) is 6.41. The molecular weight excluding hydrogens is 372 g/mol. The van der Waals surface area contributed by atoms with Crippen molar-refractivity contribution in [3.63, 3.8) is 0 Å². The van der Waals surface area contributed by atoms with Crippen LogP contribution in [0.5, 0.6) is 23.0 Å². The van der Waals surface area contributed by atoms with Crippen LogP contribution in [-0.2, 0) is 0 Å². The molecule has 0 saturated carbocycles. The van der Waals surface area contributed by atoms with Crippen LogP contribution < -0.4 is 19.1 Å². The van der Waals surface area contributed by atoms with Crippen molar-refractivity contribution in [1.29, 1.82) is 0 Å². The van der Waals surface area contributed by atoms with Gasteiger partial charge in [-0.3, -0.25) is 4.79 Å². The van der Waals surface area contributed by atoms with E-state index in [1.165, 1.54) is 21.3 Å². The van der Waals surface area contributed by atoms with Gasteiger partial charge in [-0.15, -0.1) is 0 Å². The zero-order valence-electron chi connectivity index (χ0n) is 17.8. The molecule has 0 aliphatic heterocycles. The molecule has 2 aromatic carbocycles. The number of ether oxygens (including phenoxy) is 3. The Kier molecular flexibility index (Phi) is 8.15. The van der Waals surface area contributed by atoms with Crippen LogP contribution >= 0.6 is 0 Å². The summed E-state index contributed by atoms with van der Waals surface area (Å²) in [7, 11) is 4.56. The number of phenols is 1. The van der Waals surface area contributed by atoms with Crippen LogP contribution in [0.4, 0.5) is 5.69 Å². The van der Waals surface area contributed by atoms with Gasteiger partial charge in [0.1, 0.15) is 5.75 Å². The van der Waals surface area contributed by atoms with Crippen LogP contribution in [0.25, 0.3) is 0 Å². The Morgan fingerprint density at radius 3 is 1.90 bits per heavy atom. The van der Waals surface area contributed by atoms with E-state index in [9.17, 15) is 9.90 Å². The molecular formula is C22H30N2O5. The highest BCUT2D eigenvalue weighted by Crippen LogP contribution is 2.38. The lowest BCUT2D eigenvalue weighted by atomic mass is 10.1. The summed E-state index contributed by atoms with van der Waals surface area (Å²) in [6, 6.07) is 9.90. The monoisotopic (exact) mass is 402 g/mol. The maximum atomic E-state index is 13.4. The van der Waals surface area contributed by atoms with Gasteiger partial charge in [-0.1, -0.05) is 13.8 Å². The number of benzene rings is 2. The standard InChI is InChI=1S/C22H30N2O5/c1-6-23(7-2)12-13-24(17-8-10-18(25)11-9-17)22(26)16-14-19(27-3)21(29-5)20(15-16)28-4/h8-11,14-15,25H,6-7,12-13H2,1-5H3. The van der Waals surface area contributed by atoms with Crippen molar-refractivity contribution >= 4 is 11.6 Å². The average Bonchev–Trinajstić information content (AvgIpc) is 2.76. The third-order valence-electron chi connectivity index (χ3n) is 4.85. The summed E-state index contributed by atoms with van der Waals surface area (Å²) in [5, 5.41) is 9.62. The van der Waals surface area contributed by atoms with E-state index in [4.69, 9.17) is 14.2 Å². The summed E-state index contributed by atoms with van der Waals surface area (Å²) in [5.41, 5.74) is 1.13. The van der Waals surface area contributed by atoms with E-state index in [-0.39, 0.29) is 11.7 Å². The number of carbonyl (C=O) groups excluding carboxylic acids is 1. The van der Waals surface area contributed by atoms with E-state index in [1.54, 1.807) is 41.3 Å². The van der Waals surface area contributed by atoms with E-state index >= 15 is 0 Å². The number of likely N-dealkylation sites (N-methyl/N-ethyl adjacent to an activating group) is 1. The van der Waals surface area contributed by atoms with Gasteiger partial charge in [0, 0.05) is 24.3 Å². The van der Waals surface area contributed by atoms with E-state index in [1.807, 2.05) is 0 Å². The number of amides is 1. The molecule has 0 aliphatic rings. The molecule has 1 amide bonds.